The number of hydrogen-bond donors (Lipinski definition) is 3. The average Bonchev–Trinajstić information content (AvgIpc) is 3.06. The molecule has 1 atom stereocenters. The van der Waals surface area contributed by atoms with Crippen LogP contribution >= 0.6 is 11.3 Å². The molecule has 26 heavy (non-hydrogen) atoms. The summed E-state index contributed by atoms with van der Waals surface area (Å²) in [5, 5.41) is 4.83. The number of aryl methyl sites for hydroxylation is 1. The summed E-state index contributed by atoms with van der Waals surface area (Å²) in [7, 11) is -4.14. The van der Waals surface area contributed by atoms with Gasteiger partial charge in [0, 0.05) is 30.4 Å². The molecule has 12 heteroatoms. The number of piperidine rings is 1. The third kappa shape index (κ3) is 3.61. The van der Waals surface area contributed by atoms with E-state index in [1.54, 1.807) is 11.6 Å². The van der Waals surface area contributed by atoms with Gasteiger partial charge in [-0.25, -0.2) is 18.2 Å². The highest BCUT2D eigenvalue weighted by atomic mass is 32.2. The first kappa shape index (κ1) is 18.5. The van der Waals surface area contributed by atoms with Crippen molar-refractivity contribution in [1.29, 1.82) is 0 Å². The van der Waals surface area contributed by atoms with Crippen molar-refractivity contribution >= 4 is 32.4 Å². The number of rotatable bonds is 4. The molecule has 3 heterocycles. The molecule has 2 aromatic rings. The van der Waals surface area contributed by atoms with Gasteiger partial charge in [0.2, 0.25) is 15.9 Å². The normalized spacial score (nSPS) is 18.6. The molecule has 0 aliphatic carbocycles. The molecule has 140 valence electrons. The highest BCUT2D eigenvalue weighted by Gasteiger charge is 2.36. The second kappa shape index (κ2) is 7.13. The lowest BCUT2D eigenvalue weighted by atomic mass is 9.99. The van der Waals surface area contributed by atoms with E-state index in [4.69, 9.17) is 0 Å². The van der Waals surface area contributed by atoms with Crippen molar-refractivity contribution in [1.82, 2.24) is 19.3 Å². The molecular weight excluding hydrogens is 382 g/mol. The summed E-state index contributed by atoms with van der Waals surface area (Å²) in [6.07, 6.45) is 2.57. The summed E-state index contributed by atoms with van der Waals surface area (Å²) in [5.41, 5.74) is -1.78. The van der Waals surface area contributed by atoms with E-state index in [-0.39, 0.29) is 24.7 Å². The minimum atomic E-state index is -4.14. The van der Waals surface area contributed by atoms with Gasteiger partial charge in [-0.15, -0.1) is 11.3 Å². The van der Waals surface area contributed by atoms with Gasteiger partial charge in [0.05, 0.1) is 5.92 Å². The monoisotopic (exact) mass is 399 g/mol. The Morgan fingerprint density at radius 1 is 1.38 bits per heavy atom. The zero-order valence-electron chi connectivity index (χ0n) is 13.8. The van der Waals surface area contributed by atoms with Crippen LogP contribution in [0.2, 0.25) is 0 Å². The van der Waals surface area contributed by atoms with Crippen LogP contribution in [0.5, 0.6) is 0 Å². The summed E-state index contributed by atoms with van der Waals surface area (Å²) in [6, 6.07) is 0. The van der Waals surface area contributed by atoms with Crippen molar-refractivity contribution in [2.45, 2.75) is 24.7 Å². The highest BCUT2D eigenvalue weighted by Crippen LogP contribution is 2.24. The van der Waals surface area contributed by atoms with Gasteiger partial charge in [0.1, 0.15) is 0 Å². The van der Waals surface area contributed by atoms with Crippen LogP contribution in [-0.2, 0) is 14.8 Å². The van der Waals surface area contributed by atoms with Gasteiger partial charge in [-0.1, -0.05) is 0 Å². The van der Waals surface area contributed by atoms with Crippen molar-refractivity contribution in [3.63, 3.8) is 0 Å². The van der Waals surface area contributed by atoms with Crippen molar-refractivity contribution in [3.05, 3.63) is 38.1 Å². The third-order valence-corrected chi connectivity index (χ3v) is 6.80. The predicted molar refractivity (Wildman–Crippen MR) is 94.6 cm³/mol. The van der Waals surface area contributed by atoms with Crippen LogP contribution in [0.1, 0.15) is 18.5 Å². The zero-order valence-corrected chi connectivity index (χ0v) is 15.4. The lowest BCUT2D eigenvalue weighted by molar-refractivity contribution is -0.120. The number of carbonyl (C=O) groups excluding carboxylic acids is 1. The second-order valence-corrected chi connectivity index (χ2v) is 8.66. The Kier molecular flexibility index (Phi) is 5.07. The van der Waals surface area contributed by atoms with Gasteiger partial charge in [0.15, 0.2) is 10.0 Å². The molecule has 0 unspecified atom stereocenters. The lowest BCUT2D eigenvalue weighted by Crippen LogP contribution is -2.45. The van der Waals surface area contributed by atoms with Gasteiger partial charge in [0.25, 0.3) is 5.56 Å². The molecule has 1 saturated heterocycles. The van der Waals surface area contributed by atoms with Crippen LogP contribution in [-0.4, -0.2) is 46.7 Å². The molecule has 1 fully saturated rings. The summed E-state index contributed by atoms with van der Waals surface area (Å²) in [6.45, 7) is 1.50. The number of nitrogens with one attached hydrogen (secondary N) is 3. The maximum Gasteiger partial charge on any atom is 0.325 e. The van der Waals surface area contributed by atoms with Crippen molar-refractivity contribution in [2.75, 3.05) is 18.4 Å². The molecule has 1 aliphatic heterocycles. The van der Waals surface area contributed by atoms with Crippen LogP contribution in [0.15, 0.2) is 26.1 Å². The molecule has 0 saturated carbocycles. The quantitative estimate of drug-likeness (QED) is 0.653. The molecule has 0 bridgehead atoms. The van der Waals surface area contributed by atoms with Gasteiger partial charge >= 0.3 is 5.69 Å². The smallest absolute Gasteiger partial charge is 0.310 e. The fraction of sp³-hybridized carbons (Fsp3) is 0.429. The first-order valence-electron chi connectivity index (χ1n) is 7.82. The fourth-order valence-electron chi connectivity index (χ4n) is 2.90. The van der Waals surface area contributed by atoms with E-state index in [1.165, 1.54) is 18.3 Å². The Balaban J connectivity index is 1.84. The number of H-pyrrole nitrogens is 2. The molecule has 2 aromatic heterocycles. The van der Waals surface area contributed by atoms with Crippen LogP contribution in [0.25, 0.3) is 0 Å². The predicted octanol–water partition coefficient (Wildman–Crippen LogP) is -0.132. The third-order valence-electron chi connectivity index (χ3n) is 4.09. The number of aromatic nitrogens is 3. The first-order chi connectivity index (χ1) is 12.3. The largest absolute Gasteiger partial charge is 0.325 e. The molecule has 1 aliphatic rings. The summed E-state index contributed by atoms with van der Waals surface area (Å²) < 4.78 is 26.8. The Morgan fingerprint density at radius 2 is 2.15 bits per heavy atom. The SMILES string of the molecule is Cc1[nH]c(=O)[nH]c(=O)c1S(=O)(=O)N1CCC[C@@H](C(=O)Nc2nccs2)C1. The molecule has 10 nitrogen and oxygen atoms in total. The molecule has 1 amide bonds. The summed E-state index contributed by atoms with van der Waals surface area (Å²) >= 11 is 1.27. The van der Waals surface area contributed by atoms with E-state index in [0.717, 1.165) is 4.31 Å². The second-order valence-electron chi connectivity index (χ2n) is 5.89. The maximum absolute atomic E-state index is 12.9. The Bertz CT molecular complexity index is 1020. The number of carbonyl (C=O) groups is 1. The van der Waals surface area contributed by atoms with Crippen LogP contribution in [0, 0.1) is 12.8 Å². The van der Waals surface area contributed by atoms with E-state index in [9.17, 15) is 22.8 Å². The van der Waals surface area contributed by atoms with Gasteiger partial charge < -0.3 is 10.3 Å². The van der Waals surface area contributed by atoms with E-state index in [0.29, 0.717) is 18.0 Å². The van der Waals surface area contributed by atoms with Crippen LogP contribution in [0.4, 0.5) is 5.13 Å². The molecule has 0 radical (unpaired) electrons. The Morgan fingerprint density at radius 3 is 2.81 bits per heavy atom. The minimum absolute atomic E-state index is 0.0342. The number of hydrogen-bond acceptors (Lipinski definition) is 7. The molecule has 0 aromatic carbocycles. The Hall–Kier alpha value is -2.31. The zero-order chi connectivity index (χ0) is 18.9. The topological polar surface area (TPSA) is 145 Å². The van der Waals surface area contributed by atoms with Crippen molar-refractivity contribution < 1.29 is 13.2 Å². The van der Waals surface area contributed by atoms with Crippen molar-refractivity contribution in [3.8, 4) is 0 Å². The number of anilines is 1. The molecule has 3 N–H and O–H groups in total. The van der Waals surface area contributed by atoms with Crippen molar-refractivity contribution in [2.24, 2.45) is 5.92 Å². The van der Waals surface area contributed by atoms with Gasteiger partial charge in [-0.05, 0) is 19.8 Å². The lowest BCUT2D eigenvalue weighted by Gasteiger charge is -2.31. The highest BCUT2D eigenvalue weighted by molar-refractivity contribution is 7.89. The molecular formula is C14H17N5O5S2. The van der Waals surface area contributed by atoms with Gasteiger partial charge in [-0.2, -0.15) is 4.31 Å². The summed E-state index contributed by atoms with van der Waals surface area (Å²) in [4.78, 5) is 43.4. The maximum atomic E-state index is 12.9. The number of aromatic amines is 2. The molecule has 0 spiro atoms. The first-order valence-corrected chi connectivity index (χ1v) is 10.1. The van der Waals surface area contributed by atoms with Crippen LogP contribution < -0.4 is 16.6 Å². The average molecular weight is 399 g/mol. The number of thiazole rings is 1. The van der Waals surface area contributed by atoms with E-state index >= 15 is 0 Å². The van der Waals surface area contributed by atoms with E-state index in [2.05, 4.69) is 15.3 Å². The minimum Gasteiger partial charge on any atom is -0.310 e. The van der Waals surface area contributed by atoms with Crippen LogP contribution in [0.3, 0.4) is 0 Å². The fourth-order valence-corrected chi connectivity index (χ4v) is 5.15. The standard InChI is InChI=1S/C14H17N5O5S2/c1-8-10(12(21)17-13(22)16-8)26(23,24)19-5-2-3-9(7-19)11(20)18-14-15-4-6-25-14/h4,6,9H,2-3,5,7H2,1H3,(H,15,18,20)(H2,16,17,21,22)/t9-/m1/s1. The number of amides is 1. The van der Waals surface area contributed by atoms with Gasteiger partial charge in [-0.3, -0.25) is 14.6 Å². The summed E-state index contributed by atoms with van der Waals surface area (Å²) in [5.74, 6) is -0.864. The number of sulfonamides is 1. The van der Waals surface area contributed by atoms with E-state index in [1.807, 2.05) is 4.98 Å². The van der Waals surface area contributed by atoms with E-state index < -0.39 is 32.1 Å². The molecule has 3 rings (SSSR count). The number of nitrogens with zero attached hydrogens (tertiary/aromatic N) is 2. The Labute approximate surface area is 152 Å².